The molecule has 4 heteroatoms. The van der Waals surface area contributed by atoms with Crippen LogP contribution in [-0.2, 0) is 19.1 Å². The molecule has 1 aliphatic carbocycles. The van der Waals surface area contributed by atoms with E-state index in [4.69, 9.17) is 9.47 Å². The standard InChI is InChI=1S/C20H32O4/c1-6-14(7-2)8-9-16(12(3)4)23-19(21)18-15-10-13(5)17(11-15)24-20(18)22/h9,12-15,17-18H,6-8,10-11H2,1-5H3/b16-9+. The minimum absolute atomic E-state index is 0.0125. The van der Waals surface area contributed by atoms with Crippen molar-refractivity contribution in [2.45, 2.75) is 72.8 Å². The summed E-state index contributed by atoms with van der Waals surface area (Å²) in [4.78, 5) is 24.8. The maximum absolute atomic E-state index is 12.6. The summed E-state index contributed by atoms with van der Waals surface area (Å²) in [6.45, 7) is 10.5. The van der Waals surface area contributed by atoms with Gasteiger partial charge < -0.3 is 9.47 Å². The number of carbonyl (C=O) groups is 2. The van der Waals surface area contributed by atoms with Crippen molar-refractivity contribution in [3.63, 3.8) is 0 Å². The first kappa shape index (κ1) is 19.0. The first-order valence-electron chi connectivity index (χ1n) is 9.49. The number of rotatable bonds is 7. The van der Waals surface area contributed by atoms with E-state index < -0.39 is 17.9 Å². The first-order valence-corrected chi connectivity index (χ1v) is 9.49. The Kier molecular flexibility index (Phi) is 6.47. The zero-order chi connectivity index (χ0) is 17.9. The fraction of sp³-hybridized carbons (Fsp3) is 0.800. The van der Waals surface area contributed by atoms with Crippen LogP contribution >= 0.6 is 0 Å². The molecule has 2 aliphatic rings. The van der Waals surface area contributed by atoms with Gasteiger partial charge in [-0.2, -0.15) is 0 Å². The van der Waals surface area contributed by atoms with Gasteiger partial charge in [0.15, 0.2) is 5.92 Å². The third-order valence-corrected chi connectivity index (χ3v) is 5.69. The molecule has 2 fully saturated rings. The van der Waals surface area contributed by atoms with Crippen molar-refractivity contribution in [1.29, 1.82) is 0 Å². The van der Waals surface area contributed by atoms with E-state index in [9.17, 15) is 9.59 Å². The van der Waals surface area contributed by atoms with Crippen LogP contribution in [0.1, 0.15) is 66.7 Å². The van der Waals surface area contributed by atoms with Crippen LogP contribution in [0.15, 0.2) is 11.8 Å². The number of carbonyl (C=O) groups excluding carboxylic acids is 2. The molecule has 0 radical (unpaired) electrons. The van der Waals surface area contributed by atoms with Crippen molar-refractivity contribution in [3.05, 3.63) is 11.8 Å². The van der Waals surface area contributed by atoms with E-state index in [1.54, 1.807) is 0 Å². The van der Waals surface area contributed by atoms with Crippen LogP contribution in [0, 0.1) is 29.6 Å². The third kappa shape index (κ3) is 4.20. The lowest BCUT2D eigenvalue weighted by atomic mass is 9.89. The molecule has 2 bridgehead atoms. The van der Waals surface area contributed by atoms with Gasteiger partial charge in [0.25, 0.3) is 0 Å². The number of ether oxygens (including phenoxy) is 2. The lowest BCUT2D eigenvalue weighted by molar-refractivity contribution is -0.171. The normalized spacial score (nSPS) is 30.0. The Morgan fingerprint density at radius 3 is 2.54 bits per heavy atom. The van der Waals surface area contributed by atoms with Crippen LogP contribution in [0.3, 0.4) is 0 Å². The van der Waals surface area contributed by atoms with Crippen molar-refractivity contribution in [3.8, 4) is 0 Å². The highest BCUT2D eigenvalue weighted by atomic mass is 16.6. The Morgan fingerprint density at radius 1 is 1.29 bits per heavy atom. The summed E-state index contributed by atoms with van der Waals surface area (Å²) in [6.07, 6.45) is 6.82. The maximum atomic E-state index is 12.6. The van der Waals surface area contributed by atoms with E-state index in [0.717, 1.165) is 32.1 Å². The Morgan fingerprint density at radius 2 is 1.96 bits per heavy atom. The summed E-state index contributed by atoms with van der Waals surface area (Å²) in [5, 5.41) is 0. The molecule has 4 atom stereocenters. The number of hydrogen-bond acceptors (Lipinski definition) is 4. The molecule has 1 heterocycles. The summed E-state index contributed by atoms with van der Waals surface area (Å²) in [7, 11) is 0. The molecular weight excluding hydrogens is 304 g/mol. The average molecular weight is 336 g/mol. The van der Waals surface area contributed by atoms with Gasteiger partial charge in [0.1, 0.15) is 11.9 Å². The van der Waals surface area contributed by atoms with Crippen molar-refractivity contribution < 1.29 is 19.1 Å². The van der Waals surface area contributed by atoms with E-state index in [2.05, 4.69) is 20.8 Å². The van der Waals surface area contributed by atoms with Crippen LogP contribution in [0.2, 0.25) is 0 Å². The smallest absolute Gasteiger partial charge is 0.325 e. The lowest BCUT2D eigenvalue weighted by Gasteiger charge is -2.27. The number of hydrogen-bond donors (Lipinski definition) is 0. The molecule has 136 valence electrons. The summed E-state index contributed by atoms with van der Waals surface area (Å²) in [6, 6.07) is 0. The van der Waals surface area contributed by atoms with Gasteiger partial charge >= 0.3 is 11.9 Å². The molecule has 0 N–H and O–H groups in total. The summed E-state index contributed by atoms with van der Waals surface area (Å²) in [5.74, 6) is 0.259. The quantitative estimate of drug-likeness (QED) is 0.391. The molecule has 2 rings (SSSR count). The second-order valence-corrected chi connectivity index (χ2v) is 7.76. The molecule has 1 aliphatic heterocycles. The van der Waals surface area contributed by atoms with Gasteiger partial charge in [0, 0.05) is 5.92 Å². The van der Waals surface area contributed by atoms with E-state index in [1.165, 1.54) is 0 Å². The van der Waals surface area contributed by atoms with E-state index in [-0.39, 0.29) is 17.9 Å². The molecule has 0 amide bonds. The molecule has 4 unspecified atom stereocenters. The van der Waals surface area contributed by atoms with Gasteiger partial charge in [-0.05, 0) is 43.1 Å². The second kappa shape index (κ2) is 8.17. The molecule has 0 aromatic carbocycles. The van der Waals surface area contributed by atoms with E-state index in [1.807, 2.05) is 19.9 Å². The van der Waals surface area contributed by atoms with Crippen molar-refractivity contribution in [2.24, 2.45) is 29.6 Å². The SMILES string of the molecule is CCC(CC)C/C=C(/OC(=O)C1C(=O)OC2CC1CC2C)C(C)C. The summed E-state index contributed by atoms with van der Waals surface area (Å²) in [5.41, 5.74) is 0. The molecular formula is C20H32O4. The molecule has 0 aromatic heterocycles. The van der Waals surface area contributed by atoms with Crippen molar-refractivity contribution in [2.75, 3.05) is 0 Å². The van der Waals surface area contributed by atoms with Gasteiger partial charge in [-0.3, -0.25) is 9.59 Å². The predicted octanol–water partition coefficient (Wildman–Crippen LogP) is 4.48. The maximum Gasteiger partial charge on any atom is 0.325 e. The molecule has 24 heavy (non-hydrogen) atoms. The third-order valence-electron chi connectivity index (χ3n) is 5.69. The van der Waals surface area contributed by atoms with Crippen LogP contribution in [-0.4, -0.2) is 18.0 Å². The van der Waals surface area contributed by atoms with Crippen LogP contribution in [0.5, 0.6) is 0 Å². The molecule has 1 saturated carbocycles. The van der Waals surface area contributed by atoms with Gasteiger partial charge in [-0.1, -0.05) is 47.5 Å². The molecule has 1 saturated heterocycles. The van der Waals surface area contributed by atoms with Crippen molar-refractivity contribution >= 4 is 11.9 Å². The van der Waals surface area contributed by atoms with E-state index >= 15 is 0 Å². The predicted molar refractivity (Wildman–Crippen MR) is 93.0 cm³/mol. The monoisotopic (exact) mass is 336 g/mol. The fourth-order valence-corrected chi connectivity index (χ4v) is 3.88. The summed E-state index contributed by atoms with van der Waals surface area (Å²) < 4.78 is 11.1. The molecule has 0 spiro atoms. The highest BCUT2D eigenvalue weighted by Gasteiger charge is 2.50. The average Bonchev–Trinajstić information content (AvgIpc) is 2.81. The van der Waals surface area contributed by atoms with Gasteiger partial charge in [0.05, 0.1) is 0 Å². The topological polar surface area (TPSA) is 52.6 Å². The fourth-order valence-electron chi connectivity index (χ4n) is 3.88. The molecule has 4 nitrogen and oxygen atoms in total. The number of fused-ring (bicyclic) bond motifs is 2. The second-order valence-electron chi connectivity index (χ2n) is 7.76. The minimum atomic E-state index is -0.749. The Balaban J connectivity index is 2.05. The number of esters is 2. The van der Waals surface area contributed by atoms with Crippen LogP contribution in [0.25, 0.3) is 0 Å². The van der Waals surface area contributed by atoms with E-state index in [0.29, 0.717) is 17.6 Å². The van der Waals surface area contributed by atoms with Crippen LogP contribution < -0.4 is 0 Å². The Bertz CT molecular complexity index is 488. The van der Waals surface area contributed by atoms with Gasteiger partial charge in [-0.25, -0.2) is 0 Å². The van der Waals surface area contributed by atoms with Gasteiger partial charge in [0.2, 0.25) is 0 Å². The Labute approximate surface area is 146 Å². The number of allylic oxidation sites excluding steroid dienone is 2. The largest absolute Gasteiger partial charge is 0.461 e. The van der Waals surface area contributed by atoms with Gasteiger partial charge in [-0.15, -0.1) is 0 Å². The molecule has 0 aromatic rings. The first-order chi connectivity index (χ1) is 11.4. The zero-order valence-corrected chi connectivity index (χ0v) is 15.7. The zero-order valence-electron chi connectivity index (χ0n) is 15.7. The van der Waals surface area contributed by atoms with Crippen LogP contribution in [0.4, 0.5) is 0 Å². The highest BCUT2D eigenvalue weighted by molar-refractivity contribution is 5.96. The highest BCUT2D eigenvalue weighted by Crippen LogP contribution is 2.43. The summed E-state index contributed by atoms with van der Waals surface area (Å²) >= 11 is 0. The lowest BCUT2D eigenvalue weighted by Crippen LogP contribution is -2.39. The Hall–Kier alpha value is -1.32. The minimum Gasteiger partial charge on any atom is -0.461 e. The van der Waals surface area contributed by atoms with Crippen molar-refractivity contribution in [1.82, 2.24) is 0 Å².